The summed E-state index contributed by atoms with van der Waals surface area (Å²) in [6.45, 7) is -1.74. The number of Topliss-reactive ketones (excluding diaryl/α,β-unsaturated/α-hetero) is 4. The highest BCUT2D eigenvalue weighted by molar-refractivity contribution is 7.39. The summed E-state index contributed by atoms with van der Waals surface area (Å²) in [7, 11) is 0. The molecule has 12 nitrogen and oxygen atoms in total. The quantitative estimate of drug-likeness (QED) is 0.0252. The van der Waals surface area contributed by atoms with Crippen molar-refractivity contribution in [1.82, 2.24) is 0 Å². The van der Waals surface area contributed by atoms with Gasteiger partial charge in [-0.25, -0.2) is 17.6 Å². The summed E-state index contributed by atoms with van der Waals surface area (Å²) >= 11 is 3.24. The average molecular weight is 1290 g/mol. The van der Waals surface area contributed by atoms with Crippen molar-refractivity contribution in [3.05, 3.63) is 293 Å². The van der Waals surface area contributed by atoms with Gasteiger partial charge in [-0.3, -0.25) is 38.4 Å². The summed E-state index contributed by atoms with van der Waals surface area (Å²) in [5.74, 6) is -12.9. The normalized spacial score (nSPS) is 15.0. The SMILES string of the molecule is O=C1C(=CC2=CC3=C(c4sc5c(sc6cc(C=C7C(=O)c8cc9cc(F)c(F)cc9cc8C7=O)sc65)c4C3(C(=O)OCc3ccccc3)C(=O)OCc3ccccc3)C2(C(=O)OCc2ccccc2)C(=O)OCc2ccccc2)C(=O)c2cc3cc(F)c(F)cc3cc21. The first-order valence-electron chi connectivity index (χ1n) is 28.8. The average Bonchev–Trinajstić information content (AvgIpc) is 1.49. The third-order valence-corrected chi connectivity index (χ3v) is 20.9. The van der Waals surface area contributed by atoms with Gasteiger partial charge >= 0.3 is 23.9 Å². The second-order valence-corrected chi connectivity index (χ2v) is 25.7. The standard InChI is InChI=1S/C74H40F4O12S3/c75-54-25-41-21-47-48(22-42(41)26-55(54)76)62(80)51(61(47)79)29-45-30-53-59(73(45,69(83)87-33-37-13-5-1-6-14-37)70(84)88-34-38-15-7-2-8-16-38)66-60(74(53,71(85)89-35-39-17-9-3-10-18-39)72(86)90-36-40-19-11-4-12-20-40)67-68(93-66)65-58(92-67)32-46(91-65)31-52-63(81)49-23-43-27-56(77)57(78)28-44(43)24-50(49)64(52)82/h1-32H,33-36H2. The molecule has 0 aliphatic heterocycles. The topological polar surface area (TPSA) is 173 Å². The number of thiophene rings is 3. The fraction of sp³-hybridized carbons (Fsp3) is 0.0811. The number of esters is 4. The maximum Gasteiger partial charge on any atom is 0.333 e. The summed E-state index contributed by atoms with van der Waals surface area (Å²) in [5, 5.41) is 0.578. The molecule has 15 rings (SSSR count). The van der Waals surface area contributed by atoms with E-state index in [1.54, 1.807) is 127 Å². The molecule has 0 spiro atoms. The van der Waals surface area contributed by atoms with Crippen molar-refractivity contribution < 1.29 is 74.9 Å². The summed E-state index contributed by atoms with van der Waals surface area (Å²) in [6.07, 6.45) is 3.65. The number of hydrogen-bond donors (Lipinski definition) is 0. The van der Waals surface area contributed by atoms with Gasteiger partial charge in [-0.1, -0.05) is 127 Å². The van der Waals surface area contributed by atoms with E-state index >= 15 is 19.2 Å². The van der Waals surface area contributed by atoms with Crippen LogP contribution >= 0.6 is 34.0 Å². The predicted molar refractivity (Wildman–Crippen MR) is 340 cm³/mol. The largest absolute Gasteiger partial charge is 0.459 e. The lowest BCUT2D eigenvalue weighted by molar-refractivity contribution is -0.167. The van der Waals surface area contributed by atoms with Crippen molar-refractivity contribution in [2.75, 3.05) is 0 Å². The number of rotatable bonds is 14. The van der Waals surface area contributed by atoms with Crippen LogP contribution in [0.4, 0.5) is 17.6 Å². The Balaban J connectivity index is 0.968. The summed E-state index contributed by atoms with van der Waals surface area (Å²) in [6, 6.07) is 44.6. The third kappa shape index (κ3) is 9.35. The third-order valence-electron chi connectivity index (χ3n) is 17.0. The molecule has 93 heavy (non-hydrogen) atoms. The van der Waals surface area contributed by atoms with Crippen LogP contribution < -0.4 is 0 Å². The molecule has 4 aliphatic rings. The van der Waals surface area contributed by atoms with Crippen LogP contribution in [-0.2, 0) is 70.0 Å². The van der Waals surface area contributed by atoms with Crippen molar-refractivity contribution in [3.63, 3.8) is 0 Å². The summed E-state index contributed by atoms with van der Waals surface area (Å²) in [5.41, 5.74) is -6.11. The zero-order valence-electron chi connectivity index (χ0n) is 47.9. The minimum atomic E-state index is -2.94. The van der Waals surface area contributed by atoms with Gasteiger partial charge < -0.3 is 18.9 Å². The van der Waals surface area contributed by atoms with Crippen LogP contribution in [0.5, 0.6) is 0 Å². The van der Waals surface area contributed by atoms with Gasteiger partial charge in [0.15, 0.2) is 46.4 Å². The van der Waals surface area contributed by atoms with Gasteiger partial charge in [-0.15, -0.1) is 34.0 Å². The molecule has 3 aromatic heterocycles. The second kappa shape index (κ2) is 22.5. The molecule has 0 radical (unpaired) electrons. The van der Waals surface area contributed by atoms with E-state index in [1.807, 2.05) is 0 Å². The molecule has 0 saturated heterocycles. The Hall–Kier alpha value is -10.9. The molecule has 0 unspecified atom stereocenters. The number of ether oxygens (including phenoxy) is 4. The minimum Gasteiger partial charge on any atom is -0.459 e. The Morgan fingerprint density at radius 3 is 1.13 bits per heavy atom. The van der Waals surface area contributed by atoms with E-state index in [0.717, 1.165) is 64.4 Å². The lowest BCUT2D eigenvalue weighted by atomic mass is 9.75. The fourth-order valence-electron chi connectivity index (χ4n) is 12.6. The van der Waals surface area contributed by atoms with Gasteiger partial charge in [-0.05, 0) is 122 Å². The second-order valence-electron chi connectivity index (χ2n) is 22.5. The van der Waals surface area contributed by atoms with Crippen LogP contribution in [0.2, 0.25) is 0 Å². The fourth-order valence-corrected chi connectivity index (χ4v) is 17.0. The highest BCUT2D eigenvalue weighted by Crippen LogP contribution is 2.67. The molecule has 11 aromatic rings. The molecular formula is C74H40F4O12S3. The number of halogens is 4. The van der Waals surface area contributed by atoms with Crippen molar-refractivity contribution in [2.45, 2.75) is 31.8 Å². The number of hydrogen-bond acceptors (Lipinski definition) is 15. The van der Waals surface area contributed by atoms with Gasteiger partial charge in [0.25, 0.3) is 0 Å². The van der Waals surface area contributed by atoms with Crippen LogP contribution in [0.25, 0.3) is 52.0 Å². The molecule has 3 heterocycles. The van der Waals surface area contributed by atoms with Crippen LogP contribution in [0.3, 0.4) is 0 Å². The van der Waals surface area contributed by atoms with E-state index in [1.165, 1.54) is 36.4 Å². The Bertz CT molecular complexity index is 5080. The van der Waals surface area contributed by atoms with Crippen molar-refractivity contribution >= 4 is 133 Å². The van der Waals surface area contributed by atoms with Gasteiger partial charge in [0.05, 0.1) is 25.2 Å². The van der Waals surface area contributed by atoms with Gasteiger partial charge in [0.2, 0.25) is 10.8 Å². The molecule has 4 aliphatic carbocycles. The van der Waals surface area contributed by atoms with E-state index in [9.17, 15) is 36.7 Å². The van der Waals surface area contributed by atoms with Gasteiger partial charge in [0, 0.05) is 47.8 Å². The zero-order valence-corrected chi connectivity index (χ0v) is 50.4. The molecule has 0 saturated carbocycles. The summed E-state index contributed by atoms with van der Waals surface area (Å²) in [4.78, 5) is 124. The van der Waals surface area contributed by atoms with Crippen LogP contribution in [0.1, 0.15) is 79.0 Å². The molecular weight excluding hydrogens is 1250 g/mol. The minimum absolute atomic E-state index is 0.000287. The zero-order chi connectivity index (χ0) is 64.2. The number of benzene rings is 8. The molecule has 454 valence electrons. The number of ketones is 4. The molecule has 19 heteroatoms. The highest BCUT2D eigenvalue weighted by Gasteiger charge is 2.70. The van der Waals surface area contributed by atoms with Gasteiger partial charge in [-0.2, -0.15) is 0 Å². The number of fused-ring (bicyclic) bond motifs is 10. The Morgan fingerprint density at radius 1 is 0.398 bits per heavy atom. The molecule has 0 bridgehead atoms. The molecule has 0 fully saturated rings. The van der Waals surface area contributed by atoms with Crippen molar-refractivity contribution in [2.24, 2.45) is 5.41 Å². The van der Waals surface area contributed by atoms with Crippen LogP contribution in [0, 0.1) is 28.7 Å². The molecule has 0 atom stereocenters. The van der Waals surface area contributed by atoms with E-state index < -0.39 is 119 Å². The maximum atomic E-state index is 16.3. The smallest absolute Gasteiger partial charge is 0.333 e. The van der Waals surface area contributed by atoms with Crippen LogP contribution in [-0.4, -0.2) is 47.0 Å². The lowest BCUT2D eigenvalue weighted by Gasteiger charge is -2.30. The first-order chi connectivity index (χ1) is 45.0. The summed E-state index contributed by atoms with van der Waals surface area (Å²) < 4.78 is 85.2. The molecule has 8 aromatic carbocycles. The Morgan fingerprint density at radius 2 is 0.753 bits per heavy atom. The Labute approximate surface area is 535 Å². The van der Waals surface area contributed by atoms with E-state index in [4.69, 9.17) is 18.9 Å². The first kappa shape index (κ1) is 58.5. The highest BCUT2D eigenvalue weighted by atomic mass is 32.1. The molecule has 0 N–H and O–H groups in total. The van der Waals surface area contributed by atoms with Crippen molar-refractivity contribution in [3.8, 4) is 0 Å². The molecule has 0 amide bonds. The van der Waals surface area contributed by atoms with Crippen molar-refractivity contribution in [1.29, 1.82) is 0 Å². The Kier molecular flexibility index (Phi) is 14.2. The number of carbonyl (C=O) groups is 8. The predicted octanol–water partition coefficient (Wildman–Crippen LogP) is 15.4. The number of carbonyl (C=O) groups excluding carboxylic acids is 8. The van der Waals surface area contributed by atoms with E-state index in [-0.39, 0.29) is 71.0 Å². The van der Waals surface area contributed by atoms with E-state index in [0.29, 0.717) is 45.9 Å². The van der Waals surface area contributed by atoms with E-state index in [2.05, 4.69) is 0 Å². The number of allylic oxidation sites excluding steroid dienone is 4. The first-order valence-corrected chi connectivity index (χ1v) is 31.3. The monoisotopic (exact) mass is 1290 g/mol. The van der Waals surface area contributed by atoms with Crippen LogP contribution in [0.15, 0.2) is 210 Å². The lowest BCUT2D eigenvalue weighted by Crippen LogP contribution is -2.46. The maximum absolute atomic E-state index is 16.3. The van der Waals surface area contributed by atoms with Gasteiger partial charge in [0.1, 0.15) is 26.4 Å².